The summed E-state index contributed by atoms with van der Waals surface area (Å²) in [4.78, 5) is 14.6. The first kappa shape index (κ1) is 16.0. The second kappa shape index (κ2) is 8.14. The van der Waals surface area contributed by atoms with Crippen molar-refractivity contribution in [2.24, 2.45) is 0 Å². The van der Waals surface area contributed by atoms with Crippen LogP contribution in [0.25, 0.3) is 0 Å². The number of amides is 1. The summed E-state index contributed by atoms with van der Waals surface area (Å²) in [6.07, 6.45) is 1.85. The molecule has 1 fully saturated rings. The molecule has 1 aromatic heterocycles. The molecule has 21 heavy (non-hydrogen) atoms. The van der Waals surface area contributed by atoms with Gasteiger partial charge in [0.1, 0.15) is 5.69 Å². The number of hydrogen-bond donors (Lipinski definition) is 2. The van der Waals surface area contributed by atoms with Gasteiger partial charge in [0.15, 0.2) is 0 Å². The number of aromatic nitrogens is 2. The van der Waals surface area contributed by atoms with Crippen molar-refractivity contribution in [3.8, 4) is 0 Å². The van der Waals surface area contributed by atoms with E-state index in [9.17, 15) is 4.79 Å². The Morgan fingerprint density at radius 3 is 2.81 bits per heavy atom. The predicted molar refractivity (Wildman–Crippen MR) is 83.5 cm³/mol. The number of hydrogen-bond acceptors (Lipinski definition) is 4. The Labute approximate surface area is 126 Å². The fraction of sp³-hybridized carbons (Fsp3) is 0.733. The number of nitrogens with zero attached hydrogens (tertiary/aromatic N) is 3. The van der Waals surface area contributed by atoms with Crippen LogP contribution >= 0.6 is 0 Å². The van der Waals surface area contributed by atoms with E-state index in [2.05, 4.69) is 27.6 Å². The molecule has 0 bridgehead atoms. The summed E-state index contributed by atoms with van der Waals surface area (Å²) < 4.78 is 1.78. The smallest absolute Gasteiger partial charge is 0.269 e. The van der Waals surface area contributed by atoms with Gasteiger partial charge in [-0.15, -0.1) is 0 Å². The first-order valence-corrected chi connectivity index (χ1v) is 8.02. The van der Waals surface area contributed by atoms with Crippen LogP contribution in [-0.4, -0.2) is 59.9 Å². The summed E-state index contributed by atoms with van der Waals surface area (Å²) in [5.74, 6) is -0.00985. The summed E-state index contributed by atoms with van der Waals surface area (Å²) in [6, 6.07) is 1.90. The molecule has 1 aromatic rings. The van der Waals surface area contributed by atoms with Crippen LogP contribution in [0.1, 0.15) is 36.5 Å². The van der Waals surface area contributed by atoms with Gasteiger partial charge in [0, 0.05) is 39.3 Å². The van der Waals surface area contributed by atoms with Crippen molar-refractivity contribution in [3.63, 3.8) is 0 Å². The first-order chi connectivity index (χ1) is 10.2. The molecular weight excluding hydrogens is 266 g/mol. The van der Waals surface area contributed by atoms with Crippen LogP contribution in [0.5, 0.6) is 0 Å². The van der Waals surface area contributed by atoms with Crippen LogP contribution in [0.4, 0.5) is 0 Å². The van der Waals surface area contributed by atoms with Crippen LogP contribution in [0.3, 0.4) is 0 Å². The van der Waals surface area contributed by atoms with Gasteiger partial charge in [-0.05, 0) is 32.4 Å². The number of carbonyl (C=O) groups excluding carboxylic acids is 1. The Kier molecular flexibility index (Phi) is 6.20. The van der Waals surface area contributed by atoms with Crippen molar-refractivity contribution in [1.82, 2.24) is 25.3 Å². The zero-order chi connectivity index (χ0) is 15.1. The molecule has 0 radical (unpaired) electrons. The third-order valence-corrected chi connectivity index (χ3v) is 3.87. The zero-order valence-corrected chi connectivity index (χ0v) is 13.2. The Morgan fingerprint density at radius 1 is 1.38 bits per heavy atom. The van der Waals surface area contributed by atoms with Crippen molar-refractivity contribution < 1.29 is 4.79 Å². The molecule has 118 valence electrons. The molecule has 2 heterocycles. The maximum atomic E-state index is 12.2. The molecule has 1 saturated heterocycles. The number of aryl methyl sites for hydroxylation is 2. The van der Waals surface area contributed by atoms with Crippen LogP contribution in [0.15, 0.2) is 6.07 Å². The monoisotopic (exact) mass is 293 g/mol. The Hall–Kier alpha value is -1.40. The van der Waals surface area contributed by atoms with Gasteiger partial charge in [-0.25, -0.2) is 0 Å². The van der Waals surface area contributed by atoms with Gasteiger partial charge in [0.25, 0.3) is 5.91 Å². The van der Waals surface area contributed by atoms with E-state index < -0.39 is 0 Å². The lowest BCUT2D eigenvalue weighted by molar-refractivity contribution is 0.0940. The Balaban J connectivity index is 1.75. The van der Waals surface area contributed by atoms with Gasteiger partial charge >= 0.3 is 0 Å². The highest BCUT2D eigenvalue weighted by molar-refractivity contribution is 5.92. The van der Waals surface area contributed by atoms with E-state index in [1.54, 1.807) is 4.68 Å². The zero-order valence-electron chi connectivity index (χ0n) is 13.2. The Bertz CT molecular complexity index is 451. The lowest BCUT2D eigenvalue weighted by Gasteiger charge is -2.27. The van der Waals surface area contributed by atoms with Crippen LogP contribution in [0.2, 0.25) is 0 Å². The lowest BCUT2D eigenvalue weighted by atomic mass is 10.3. The van der Waals surface area contributed by atoms with Crippen LogP contribution in [-0.2, 0) is 13.0 Å². The fourth-order valence-electron chi connectivity index (χ4n) is 2.60. The van der Waals surface area contributed by atoms with Crippen molar-refractivity contribution in [2.45, 2.75) is 33.2 Å². The molecule has 0 aliphatic carbocycles. The minimum Gasteiger partial charge on any atom is -0.351 e. The topological polar surface area (TPSA) is 62.2 Å². The highest BCUT2D eigenvalue weighted by Gasteiger charge is 2.14. The van der Waals surface area contributed by atoms with E-state index in [4.69, 9.17) is 0 Å². The van der Waals surface area contributed by atoms with Crippen molar-refractivity contribution >= 4 is 5.91 Å². The van der Waals surface area contributed by atoms with Crippen LogP contribution < -0.4 is 10.6 Å². The molecule has 1 amide bonds. The maximum absolute atomic E-state index is 12.2. The molecule has 0 saturated carbocycles. The highest BCUT2D eigenvalue weighted by Crippen LogP contribution is 2.05. The maximum Gasteiger partial charge on any atom is 0.269 e. The second-order valence-corrected chi connectivity index (χ2v) is 5.39. The van der Waals surface area contributed by atoms with E-state index >= 15 is 0 Å². The summed E-state index contributed by atoms with van der Waals surface area (Å²) in [7, 11) is 0. The molecule has 2 N–H and O–H groups in total. The lowest BCUT2D eigenvalue weighted by Crippen LogP contribution is -2.44. The number of nitrogens with one attached hydrogen (secondary N) is 2. The third kappa shape index (κ3) is 4.54. The molecule has 2 rings (SSSR count). The third-order valence-electron chi connectivity index (χ3n) is 3.87. The van der Waals surface area contributed by atoms with Crippen molar-refractivity contribution in [2.75, 3.05) is 39.3 Å². The average Bonchev–Trinajstić information content (AvgIpc) is 2.96. The van der Waals surface area contributed by atoms with E-state index in [0.717, 1.165) is 64.3 Å². The largest absolute Gasteiger partial charge is 0.351 e. The SMILES string of the molecule is CCc1cc(C(=O)NCCCN2CCNCC2)n(CC)n1. The van der Waals surface area contributed by atoms with Gasteiger partial charge in [0.05, 0.1) is 5.69 Å². The van der Waals surface area contributed by atoms with Gasteiger partial charge < -0.3 is 15.5 Å². The predicted octanol–water partition coefficient (Wildman–Crippen LogP) is 0.491. The molecule has 0 spiro atoms. The summed E-state index contributed by atoms with van der Waals surface area (Å²) in [5.41, 5.74) is 1.65. The van der Waals surface area contributed by atoms with E-state index in [-0.39, 0.29) is 5.91 Å². The fourth-order valence-corrected chi connectivity index (χ4v) is 2.60. The molecule has 6 heteroatoms. The standard InChI is InChI=1S/C15H27N5O/c1-3-13-12-14(20(4-2)18-13)15(21)17-6-5-9-19-10-7-16-8-11-19/h12,16H,3-11H2,1-2H3,(H,17,21). The minimum absolute atomic E-state index is 0.00985. The van der Waals surface area contributed by atoms with Crippen LogP contribution in [0, 0.1) is 0 Å². The molecular formula is C15H27N5O. The van der Waals surface area contributed by atoms with Gasteiger partial charge in [-0.3, -0.25) is 9.48 Å². The summed E-state index contributed by atoms with van der Waals surface area (Å²) >= 11 is 0. The normalized spacial score (nSPS) is 16.1. The Morgan fingerprint density at radius 2 is 2.14 bits per heavy atom. The van der Waals surface area contributed by atoms with Gasteiger partial charge in [-0.2, -0.15) is 5.10 Å². The van der Waals surface area contributed by atoms with E-state index in [1.807, 2.05) is 13.0 Å². The van der Waals surface area contributed by atoms with Crippen molar-refractivity contribution in [3.05, 3.63) is 17.5 Å². The van der Waals surface area contributed by atoms with E-state index in [1.165, 1.54) is 0 Å². The number of piperazine rings is 1. The average molecular weight is 293 g/mol. The number of carbonyl (C=O) groups is 1. The second-order valence-electron chi connectivity index (χ2n) is 5.39. The minimum atomic E-state index is -0.00985. The highest BCUT2D eigenvalue weighted by atomic mass is 16.2. The molecule has 6 nitrogen and oxygen atoms in total. The van der Waals surface area contributed by atoms with E-state index in [0.29, 0.717) is 5.69 Å². The first-order valence-electron chi connectivity index (χ1n) is 8.02. The van der Waals surface area contributed by atoms with Crippen molar-refractivity contribution in [1.29, 1.82) is 0 Å². The quantitative estimate of drug-likeness (QED) is 0.718. The number of rotatable bonds is 7. The van der Waals surface area contributed by atoms with Gasteiger partial charge in [0.2, 0.25) is 0 Å². The molecule has 1 aliphatic rings. The molecule has 0 atom stereocenters. The summed E-state index contributed by atoms with van der Waals surface area (Å²) in [6.45, 7) is 10.9. The molecule has 0 aromatic carbocycles. The summed E-state index contributed by atoms with van der Waals surface area (Å²) in [5, 5.41) is 10.8. The molecule has 1 aliphatic heterocycles. The molecule has 0 unspecified atom stereocenters. The van der Waals surface area contributed by atoms with Gasteiger partial charge in [-0.1, -0.05) is 6.92 Å².